The Hall–Kier alpha value is -3.50. The summed E-state index contributed by atoms with van der Waals surface area (Å²) in [5, 5.41) is 16.6. The summed E-state index contributed by atoms with van der Waals surface area (Å²) in [7, 11) is 1.32. The summed E-state index contributed by atoms with van der Waals surface area (Å²) in [4.78, 5) is 24.8. The molecule has 0 saturated heterocycles. The highest BCUT2D eigenvalue weighted by Crippen LogP contribution is 2.40. The number of amides is 1. The number of anilines is 1. The third-order valence-corrected chi connectivity index (χ3v) is 5.61. The minimum atomic E-state index is -0.554. The number of hydrogen-bond donors (Lipinski definition) is 2. The molecule has 152 valence electrons. The first-order chi connectivity index (χ1) is 14.5. The zero-order chi connectivity index (χ0) is 21.5. The van der Waals surface area contributed by atoms with E-state index in [1.807, 2.05) is 48.5 Å². The quantitative estimate of drug-likeness (QED) is 0.690. The number of carbonyl (C=O) groups is 2. The second-order valence-corrected chi connectivity index (χ2v) is 7.53. The molecular formula is C23H21N3O3S. The van der Waals surface area contributed by atoms with Crippen LogP contribution in [-0.2, 0) is 14.3 Å². The zero-order valence-electron chi connectivity index (χ0n) is 16.6. The second kappa shape index (κ2) is 9.81. The van der Waals surface area contributed by atoms with Crippen LogP contribution < -0.4 is 10.6 Å². The highest BCUT2D eigenvalue weighted by Gasteiger charge is 2.34. The Bertz CT molecular complexity index is 1040. The normalized spacial score (nSPS) is 15.8. The Morgan fingerprint density at radius 2 is 1.77 bits per heavy atom. The van der Waals surface area contributed by atoms with E-state index in [4.69, 9.17) is 4.74 Å². The molecule has 0 aliphatic carbocycles. The molecule has 6 nitrogen and oxygen atoms in total. The molecule has 0 radical (unpaired) electrons. The molecule has 2 aromatic rings. The molecule has 0 saturated carbocycles. The summed E-state index contributed by atoms with van der Waals surface area (Å²) in [5.41, 5.74) is 2.97. The summed E-state index contributed by atoms with van der Waals surface area (Å²) in [6.45, 7) is 1.79. The standard InChI is InChI=1S/C23H21N3O3S/c1-15-20(22(28)26-17-11-7-4-8-12-17)21(16-9-5-3-6-10-16)18(13-24)23(25-15)30-14-19(27)29-2/h3-12,21,25H,14H2,1-2H3,(H,26,28)/t21-/m1/s1. The Morgan fingerprint density at radius 3 is 2.37 bits per heavy atom. The number of hydrogen-bond acceptors (Lipinski definition) is 6. The van der Waals surface area contributed by atoms with E-state index >= 15 is 0 Å². The number of carbonyl (C=O) groups excluding carboxylic acids is 2. The molecule has 0 fully saturated rings. The molecule has 3 rings (SSSR count). The minimum Gasteiger partial charge on any atom is -0.468 e. The van der Waals surface area contributed by atoms with Crippen molar-refractivity contribution in [3.8, 4) is 6.07 Å². The molecular weight excluding hydrogens is 398 g/mol. The van der Waals surface area contributed by atoms with Crippen LogP contribution in [0.2, 0.25) is 0 Å². The van der Waals surface area contributed by atoms with Gasteiger partial charge in [-0.2, -0.15) is 5.26 Å². The van der Waals surface area contributed by atoms with Crippen LogP contribution in [0, 0.1) is 11.3 Å². The van der Waals surface area contributed by atoms with Gasteiger partial charge in [-0.25, -0.2) is 0 Å². The van der Waals surface area contributed by atoms with E-state index in [0.717, 1.165) is 5.56 Å². The maximum atomic E-state index is 13.2. The maximum Gasteiger partial charge on any atom is 0.316 e. The predicted molar refractivity (Wildman–Crippen MR) is 117 cm³/mol. The maximum absolute atomic E-state index is 13.2. The Balaban J connectivity index is 2.02. The van der Waals surface area contributed by atoms with E-state index in [0.29, 0.717) is 27.6 Å². The van der Waals surface area contributed by atoms with Crippen LogP contribution in [0.4, 0.5) is 5.69 Å². The van der Waals surface area contributed by atoms with Gasteiger partial charge in [0, 0.05) is 17.0 Å². The van der Waals surface area contributed by atoms with Crippen LogP contribution in [0.1, 0.15) is 18.4 Å². The fraction of sp³-hybridized carbons (Fsp3) is 0.174. The van der Waals surface area contributed by atoms with Crippen molar-refractivity contribution in [1.29, 1.82) is 5.26 Å². The molecule has 0 unspecified atom stereocenters. The topological polar surface area (TPSA) is 91.2 Å². The van der Waals surface area contributed by atoms with E-state index in [1.54, 1.807) is 19.1 Å². The molecule has 1 atom stereocenters. The smallest absolute Gasteiger partial charge is 0.316 e. The number of nitrogens with zero attached hydrogens (tertiary/aromatic N) is 1. The third kappa shape index (κ3) is 4.73. The van der Waals surface area contributed by atoms with Gasteiger partial charge >= 0.3 is 5.97 Å². The van der Waals surface area contributed by atoms with Gasteiger partial charge in [0.15, 0.2) is 0 Å². The summed E-state index contributed by atoms with van der Waals surface area (Å²) in [6.07, 6.45) is 0. The Labute approximate surface area is 179 Å². The van der Waals surface area contributed by atoms with Gasteiger partial charge in [0.2, 0.25) is 0 Å². The first kappa shape index (κ1) is 21.2. The molecule has 7 heteroatoms. The average Bonchev–Trinajstić information content (AvgIpc) is 2.78. The van der Waals surface area contributed by atoms with Crippen LogP contribution in [0.15, 0.2) is 82.5 Å². The average molecular weight is 420 g/mol. The number of nitriles is 1. The van der Waals surface area contributed by atoms with Crippen molar-refractivity contribution in [3.05, 3.63) is 88.1 Å². The van der Waals surface area contributed by atoms with E-state index in [9.17, 15) is 14.9 Å². The van der Waals surface area contributed by atoms with Gasteiger partial charge in [0.1, 0.15) is 0 Å². The lowest BCUT2D eigenvalue weighted by molar-refractivity contribution is -0.137. The van der Waals surface area contributed by atoms with Crippen LogP contribution in [-0.4, -0.2) is 24.7 Å². The van der Waals surface area contributed by atoms with Crippen molar-refractivity contribution >= 4 is 29.3 Å². The molecule has 30 heavy (non-hydrogen) atoms. The predicted octanol–water partition coefficient (Wildman–Crippen LogP) is 3.93. The van der Waals surface area contributed by atoms with Crippen molar-refractivity contribution in [3.63, 3.8) is 0 Å². The lowest BCUT2D eigenvalue weighted by Gasteiger charge is -2.29. The van der Waals surface area contributed by atoms with Crippen LogP contribution in [0.3, 0.4) is 0 Å². The minimum absolute atomic E-state index is 0.0599. The van der Waals surface area contributed by atoms with Crippen LogP contribution in [0.5, 0.6) is 0 Å². The van der Waals surface area contributed by atoms with E-state index in [2.05, 4.69) is 16.7 Å². The first-order valence-electron chi connectivity index (χ1n) is 9.28. The summed E-state index contributed by atoms with van der Waals surface area (Å²) in [6, 6.07) is 20.8. The number of methoxy groups -OCH3 is 1. The van der Waals surface area contributed by atoms with E-state index in [1.165, 1.54) is 18.9 Å². The molecule has 1 amide bonds. The Morgan fingerprint density at radius 1 is 1.13 bits per heavy atom. The molecule has 0 spiro atoms. The number of dihydropyridines is 1. The highest BCUT2D eigenvalue weighted by molar-refractivity contribution is 8.03. The van der Waals surface area contributed by atoms with Crippen LogP contribution >= 0.6 is 11.8 Å². The summed E-state index contributed by atoms with van der Waals surface area (Å²) in [5.74, 6) is -1.17. The van der Waals surface area contributed by atoms with Crippen molar-refractivity contribution in [2.24, 2.45) is 0 Å². The molecule has 0 aromatic heterocycles. The summed E-state index contributed by atoms with van der Waals surface area (Å²) < 4.78 is 4.71. The van der Waals surface area contributed by atoms with Crippen molar-refractivity contribution < 1.29 is 14.3 Å². The molecule has 2 N–H and O–H groups in total. The fourth-order valence-electron chi connectivity index (χ4n) is 3.22. The molecule has 1 aliphatic rings. The van der Waals surface area contributed by atoms with Crippen molar-refractivity contribution in [2.45, 2.75) is 12.8 Å². The van der Waals surface area contributed by atoms with Crippen LogP contribution in [0.25, 0.3) is 0 Å². The molecule has 0 bridgehead atoms. The zero-order valence-corrected chi connectivity index (χ0v) is 17.5. The number of nitrogens with one attached hydrogen (secondary N) is 2. The largest absolute Gasteiger partial charge is 0.468 e. The third-order valence-electron chi connectivity index (χ3n) is 4.62. The SMILES string of the molecule is COC(=O)CSC1=C(C#N)[C@@H](c2ccccc2)C(C(=O)Nc2ccccc2)=C(C)N1. The number of ether oxygens (including phenoxy) is 1. The lowest BCUT2D eigenvalue weighted by Crippen LogP contribution is -2.31. The van der Waals surface area contributed by atoms with Gasteiger partial charge in [-0.15, -0.1) is 0 Å². The van der Waals surface area contributed by atoms with Gasteiger partial charge in [0.05, 0.1) is 35.5 Å². The number of thioether (sulfide) groups is 1. The Kier molecular flexibility index (Phi) is 6.94. The van der Waals surface area contributed by atoms with Gasteiger partial charge in [-0.3, -0.25) is 9.59 Å². The molecule has 2 aromatic carbocycles. The van der Waals surface area contributed by atoms with Crippen molar-refractivity contribution in [2.75, 3.05) is 18.2 Å². The van der Waals surface area contributed by atoms with E-state index in [-0.39, 0.29) is 11.7 Å². The number of para-hydroxylation sites is 1. The number of allylic oxidation sites excluding steroid dienone is 2. The second-order valence-electron chi connectivity index (χ2n) is 6.55. The highest BCUT2D eigenvalue weighted by atomic mass is 32.2. The number of esters is 1. The van der Waals surface area contributed by atoms with Gasteiger partial charge in [-0.05, 0) is 24.6 Å². The van der Waals surface area contributed by atoms with Gasteiger partial charge in [-0.1, -0.05) is 60.3 Å². The van der Waals surface area contributed by atoms with Gasteiger partial charge < -0.3 is 15.4 Å². The number of benzene rings is 2. The van der Waals surface area contributed by atoms with E-state index < -0.39 is 11.9 Å². The lowest BCUT2D eigenvalue weighted by atomic mass is 9.82. The fourth-order valence-corrected chi connectivity index (χ4v) is 4.14. The number of rotatable bonds is 6. The monoisotopic (exact) mass is 419 g/mol. The first-order valence-corrected chi connectivity index (χ1v) is 10.3. The van der Waals surface area contributed by atoms with Gasteiger partial charge in [0.25, 0.3) is 5.91 Å². The van der Waals surface area contributed by atoms with Crippen molar-refractivity contribution in [1.82, 2.24) is 5.32 Å². The molecule has 1 heterocycles. The molecule has 1 aliphatic heterocycles. The summed E-state index contributed by atoms with van der Waals surface area (Å²) >= 11 is 1.19.